The van der Waals surface area contributed by atoms with Gasteiger partial charge in [0.1, 0.15) is 18.1 Å². The van der Waals surface area contributed by atoms with E-state index in [0.29, 0.717) is 23.8 Å². The zero-order chi connectivity index (χ0) is 24.2. The molecule has 0 bridgehead atoms. The molecular weight excluding hydrogens is 435 g/mol. The van der Waals surface area contributed by atoms with Gasteiger partial charge in [0.2, 0.25) is 17.8 Å². The maximum Gasteiger partial charge on any atom is 0.246 e. The zero-order valence-corrected chi connectivity index (χ0v) is 19.6. The number of nitrogens with one attached hydrogen (secondary N) is 1. The highest BCUT2D eigenvalue weighted by molar-refractivity contribution is 5.94. The van der Waals surface area contributed by atoms with Gasteiger partial charge in [0.15, 0.2) is 0 Å². The van der Waals surface area contributed by atoms with Crippen LogP contribution in [-0.2, 0) is 9.59 Å². The van der Waals surface area contributed by atoms with Gasteiger partial charge >= 0.3 is 0 Å². The number of imidazole rings is 1. The Hall–Kier alpha value is -3.68. The predicted molar refractivity (Wildman–Crippen MR) is 128 cm³/mol. The van der Waals surface area contributed by atoms with Crippen molar-refractivity contribution in [2.75, 3.05) is 19.0 Å². The Morgan fingerprint density at radius 2 is 1.82 bits per heavy atom. The first-order valence-corrected chi connectivity index (χ1v) is 11.4. The number of halogens is 1. The summed E-state index contributed by atoms with van der Waals surface area (Å²) in [5, 5.41) is 2.86. The van der Waals surface area contributed by atoms with Gasteiger partial charge in [0.05, 0.1) is 12.8 Å². The third-order valence-corrected chi connectivity index (χ3v) is 5.65. The lowest BCUT2D eigenvalue weighted by atomic mass is 10.1. The quantitative estimate of drug-likeness (QED) is 0.500. The number of benzene rings is 2. The molecule has 34 heavy (non-hydrogen) atoms. The van der Waals surface area contributed by atoms with Gasteiger partial charge in [-0.3, -0.25) is 19.5 Å². The summed E-state index contributed by atoms with van der Waals surface area (Å²) in [6.07, 6.45) is 4.04. The van der Waals surface area contributed by atoms with Crippen molar-refractivity contribution in [2.24, 2.45) is 5.92 Å². The second kappa shape index (κ2) is 10.1. The van der Waals surface area contributed by atoms with Gasteiger partial charge in [-0.2, -0.15) is 0 Å². The number of carbonyl (C=O) groups excluding carboxylic acids is 2. The van der Waals surface area contributed by atoms with E-state index < -0.39 is 0 Å². The number of anilines is 1. The Kier molecular flexibility index (Phi) is 6.95. The summed E-state index contributed by atoms with van der Waals surface area (Å²) in [7, 11) is 1.60. The molecule has 1 aromatic heterocycles. The van der Waals surface area contributed by atoms with Crippen molar-refractivity contribution in [1.82, 2.24) is 14.5 Å². The molecule has 2 amide bonds. The largest absolute Gasteiger partial charge is 0.497 e. The number of hydrogen-bond donors (Lipinski definition) is 1. The second-order valence-corrected chi connectivity index (χ2v) is 8.92. The van der Waals surface area contributed by atoms with Crippen molar-refractivity contribution in [2.45, 2.75) is 39.2 Å². The molecule has 0 aliphatic heterocycles. The first-order valence-electron chi connectivity index (χ1n) is 11.4. The maximum atomic E-state index is 13.5. The number of amides is 2. The summed E-state index contributed by atoms with van der Waals surface area (Å²) in [5.74, 6) is 0.568. The van der Waals surface area contributed by atoms with Crippen LogP contribution in [0.3, 0.4) is 0 Å². The molecule has 1 N–H and O–H groups in total. The molecule has 4 rings (SSSR count). The molecule has 1 aliphatic rings. The molecule has 8 heteroatoms. The highest BCUT2D eigenvalue weighted by Gasteiger charge is 2.34. The van der Waals surface area contributed by atoms with E-state index in [2.05, 4.69) is 10.3 Å². The van der Waals surface area contributed by atoms with Crippen LogP contribution >= 0.6 is 0 Å². The summed E-state index contributed by atoms with van der Waals surface area (Å²) >= 11 is 0. The molecule has 0 saturated heterocycles. The molecular formula is C26H29FN4O3. The Morgan fingerprint density at radius 1 is 1.15 bits per heavy atom. The molecule has 0 radical (unpaired) electrons. The molecule has 0 atom stereocenters. The van der Waals surface area contributed by atoms with Crippen molar-refractivity contribution in [3.63, 3.8) is 0 Å². The number of nitrogens with zero attached hydrogens (tertiary/aromatic N) is 3. The van der Waals surface area contributed by atoms with E-state index in [1.807, 2.05) is 38.1 Å². The van der Waals surface area contributed by atoms with Crippen LogP contribution in [-0.4, -0.2) is 46.0 Å². The lowest BCUT2D eigenvalue weighted by Crippen LogP contribution is -2.40. The fourth-order valence-corrected chi connectivity index (χ4v) is 3.76. The average molecular weight is 465 g/mol. The molecule has 1 aliphatic carbocycles. The number of methoxy groups -OCH3 is 1. The fraction of sp³-hybridized carbons (Fsp3) is 0.346. The number of rotatable bonds is 9. The minimum atomic E-state index is -0.353. The van der Waals surface area contributed by atoms with Gasteiger partial charge in [-0.1, -0.05) is 13.8 Å². The van der Waals surface area contributed by atoms with E-state index in [0.717, 1.165) is 24.2 Å². The minimum absolute atomic E-state index is 0.00607. The molecule has 1 heterocycles. The minimum Gasteiger partial charge on any atom is -0.497 e. The standard InChI is InChI=1S/C26H29FN4O3/c1-17(2)14-25(33)30(20-10-11-20)16-24(32)29-26-28-23(18-4-12-22(34-3)13-5-18)15-31(26)21-8-6-19(27)7-9-21/h4-9,12-13,15,17,20H,10-11,14,16H2,1-3H3,(H,28,29,32). The second-order valence-electron chi connectivity index (χ2n) is 8.92. The van der Waals surface area contributed by atoms with Crippen molar-refractivity contribution < 1.29 is 18.7 Å². The van der Waals surface area contributed by atoms with Crippen LogP contribution in [0, 0.1) is 11.7 Å². The number of aromatic nitrogens is 2. The normalized spacial score (nSPS) is 13.1. The van der Waals surface area contributed by atoms with Crippen molar-refractivity contribution >= 4 is 17.8 Å². The Labute approximate surface area is 198 Å². The summed E-state index contributed by atoms with van der Waals surface area (Å²) < 4.78 is 20.4. The Balaban J connectivity index is 1.59. The van der Waals surface area contributed by atoms with E-state index in [-0.39, 0.29) is 36.1 Å². The van der Waals surface area contributed by atoms with Crippen molar-refractivity contribution in [1.29, 1.82) is 0 Å². The molecule has 0 spiro atoms. The molecule has 1 saturated carbocycles. The monoisotopic (exact) mass is 464 g/mol. The van der Waals surface area contributed by atoms with Gasteiger partial charge in [-0.05, 0) is 67.3 Å². The number of carbonyl (C=O) groups is 2. The van der Waals surface area contributed by atoms with Crippen LogP contribution in [0.15, 0.2) is 54.7 Å². The molecule has 7 nitrogen and oxygen atoms in total. The van der Waals surface area contributed by atoms with Gasteiger partial charge < -0.3 is 9.64 Å². The molecule has 0 unspecified atom stereocenters. The molecule has 1 fully saturated rings. The highest BCUT2D eigenvalue weighted by Crippen LogP contribution is 2.29. The van der Waals surface area contributed by atoms with Crippen molar-refractivity contribution in [3.8, 4) is 22.7 Å². The van der Waals surface area contributed by atoms with E-state index in [1.165, 1.54) is 12.1 Å². The van der Waals surface area contributed by atoms with Crippen LogP contribution in [0.4, 0.5) is 10.3 Å². The Morgan fingerprint density at radius 3 is 2.41 bits per heavy atom. The smallest absolute Gasteiger partial charge is 0.246 e. The number of ether oxygens (including phenoxy) is 1. The third-order valence-electron chi connectivity index (χ3n) is 5.65. The van der Waals surface area contributed by atoms with E-state index in [9.17, 15) is 14.0 Å². The first kappa shape index (κ1) is 23.5. The average Bonchev–Trinajstić information content (AvgIpc) is 3.57. The van der Waals surface area contributed by atoms with Gasteiger partial charge in [-0.25, -0.2) is 9.37 Å². The van der Waals surface area contributed by atoms with Crippen molar-refractivity contribution in [3.05, 3.63) is 60.5 Å². The van der Waals surface area contributed by atoms with E-state index in [4.69, 9.17) is 4.74 Å². The maximum absolute atomic E-state index is 13.5. The SMILES string of the molecule is COc1ccc(-c2cn(-c3ccc(F)cc3)c(NC(=O)CN(C(=O)CC(C)C)C3CC3)n2)cc1. The van der Waals surface area contributed by atoms with Gasteiger partial charge in [0.25, 0.3) is 0 Å². The summed E-state index contributed by atoms with van der Waals surface area (Å²) in [4.78, 5) is 31.9. The van der Waals surface area contributed by atoms with Crippen LogP contribution in [0.5, 0.6) is 5.75 Å². The molecule has 2 aromatic carbocycles. The van der Waals surface area contributed by atoms with Crippen LogP contribution in [0.2, 0.25) is 0 Å². The lowest BCUT2D eigenvalue weighted by Gasteiger charge is -2.22. The van der Waals surface area contributed by atoms with Crippen LogP contribution in [0.25, 0.3) is 16.9 Å². The Bertz CT molecular complexity index is 1150. The summed E-state index contributed by atoms with van der Waals surface area (Å²) in [6, 6.07) is 13.5. The molecule has 3 aromatic rings. The zero-order valence-electron chi connectivity index (χ0n) is 19.6. The fourth-order valence-electron chi connectivity index (χ4n) is 3.76. The molecule has 178 valence electrons. The first-order chi connectivity index (χ1) is 16.3. The van der Waals surface area contributed by atoms with Crippen LogP contribution in [0.1, 0.15) is 33.1 Å². The van der Waals surface area contributed by atoms with E-state index >= 15 is 0 Å². The van der Waals surface area contributed by atoms with Gasteiger partial charge in [0, 0.05) is 29.9 Å². The third kappa shape index (κ3) is 5.62. The van der Waals surface area contributed by atoms with E-state index in [1.54, 1.807) is 34.9 Å². The number of hydrogen-bond acceptors (Lipinski definition) is 4. The van der Waals surface area contributed by atoms with Crippen LogP contribution < -0.4 is 10.1 Å². The summed E-state index contributed by atoms with van der Waals surface area (Å²) in [6.45, 7) is 3.96. The highest BCUT2D eigenvalue weighted by atomic mass is 19.1. The summed E-state index contributed by atoms with van der Waals surface area (Å²) in [5.41, 5.74) is 2.12. The topological polar surface area (TPSA) is 76.5 Å². The lowest BCUT2D eigenvalue weighted by molar-refractivity contribution is -0.135. The predicted octanol–water partition coefficient (Wildman–Crippen LogP) is 4.66. The van der Waals surface area contributed by atoms with Gasteiger partial charge in [-0.15, -0.1) is 0 Å².